The third-order valence-electron chi connectivity index (χ3n) is 4.11. The highest BCUT2D eigenvalue weighted by Gasteiger charge is 2.25. The lowest BCUT2D eigenvalue weighted by molar-refractivity contribution is -0.136. The summed E-state index contributed by atoms with van der Waals surface area (Å²) >= 11 is 6.29. The van der Waals surface area contributed by atoms with Crippen LogP contribution in [-0.2, 0) is 11.2 Å². The standard InChI is InChI=1S/C19H16ClNO4/c1-10-12(8-15(22)23)16-14(21-10)9-13(20)19(25-2)17(16)18(24)11-6-4-3-5-7-11/h3-7,9,21H,8H2,1-2H3,(H,22,23). The second kappa shape index (κ2) is 6.61. The number of aryl methyl sites for hydroxylation is 1. The van der Waals surface area contributed by atoms with Gasteiger partial charge in [0.25, 0.3) is 0 Å². The van der Waals surface area contributed by atoms with E-state index in [1.54, 1.807) is 37.3 Å². The van der Waals surface area contributed by atoms with Gasteiger partial charge in [-0.1, -0.05) is 41.9 Å². The third kappa shape index (κ3) is 2.98. The SMILES string of the molecule is COc1c(Cl)cc2[nH]c(C)c(CC(=O)O)c2c1C(=O)c1ccccc1. The van der Waals surface area contributed by atoms with E-state index in [2.05, 4.69) is 4.98 Å². The first-order valence-electron chi connectivity index (χ1n) is 7.63. The Hall–Kier alpha value is -2.79. The molecule has 5 nitrogen and oxygen atoms in total. The van der Waals surface area contributed by atoms with Gasteiger partial charge in [-0.3, -0.25) is 9.59 Å². The van der Waals surface area contributed by atoms with Crippen LogP contribution in [0.15, 0.2) is 36.4 Å². The second-order valence-corrected chi connectivity index (χ2v) is 6.09. The lowest BCUT2D eigenvalue weighted by Crippen LogP contribution is -2.07. The van der Waals surface area contributed by atoms with E-state index in [4.69, 9.17) is 16.3 Å². The topological polar surface area (TPSA) is 79.4 Å². The fraction of sp³-hybridized carbons (Fsp3) is 0.158. The molecule has 0 amide bonds. The molecule has 0 saturated heterocycles. The van der Waals surface area contributed by atoms with Crippen LogP contribution in [0.2, 0.25) is 5.02 Å². The summed E-state index contributed by atoms with van der Waals surface area (Å²) in [6.07, 6.45) is -0.203. The van der Waals surface area contributed by atoms with Gasteiger partial charge in [-0.25, -0.2) is 0 Å². The van der Waals surface area contributed by atoms with Crippen LogP contribution in [0.1, 0.15) is 27.2 Å². The van der Waals surface area contributed by atoms with Crippen LogP contribution in [-0.4, -0.2) is 29.0 Å². The molecule has 3 rings (SSSR count). The lowest BCUT2D eigenvalue weighted by Gasteiger charge is -2.12. The molecule has 0 spiro atoms. The lowest BCUT2D eigenvalue weighted by atomic mass is 9.95. The fourth-order valence-corrected chi connectivity index (χ4v) is 3.31. The van der Waals surface area contributed by atoms with Crippen LogP contribution >= 0.6 is 11.6 Å². The summed E-state index contributed by atoms with van der Waals surface area (Å²) in [5.41, 5.74) is 2.60. The number of ether oxygens (including phenoxy) is 1. The highest BCUT2D eigenvalue weighted by molar-refractivity contribution is 6.35. The number of carbonyl (C=O) groups excluding carboxylic acids is 1. The molecule has 0 aliphatic carbocycles. The molecule has 0 fully saturated rings. The van der Waals surface area contributed by atoms with Crippen LogP contribution in [0.25, 0.3) is 10.9 Å². The monoisotopic (exact) mass is 357 g/mol. The Labute approximate surface area is 149 Å². The van der Waals surface area contributed by atoms with E-state index in [0.29, 0.717) is 27.7 Å². The Balaban J connectivity index is 2.37. The number of hydrogen-bond donors (Lipinski definition) is 2. The normalized spacial score (nSPS) is 10.8. The number of carboxylic acids is 1. The highest BCUT2D eigenvalue weighted by Crippen LogP contribution is 2.39. The number of benzene rings is 2. The number of methoxy groups -OCH3 is 1. The van der Waals surface area contributed by atoms with Gasteiger partial charge in [-0.2, -0.15) is 0 Å². The van der Waals surface area contributed by atoms with Gasteiger partial charge < -0.3 is 14.8 Å². The van der Waals surface area contributed by atoms with Crippen LogP contribution in [0, 0.1) is 6.92 Å². The van der Waals surface area contributed by atoms with Crippen molar-refractivity contribution >= 4 is 34.3 Å². The summed E-state index contributed by atoms with van der Waals surface area (Å²) < 4.78 is 5.38. The summed E-state index contributed by atoms with van der Waals surface area (Å²) in [4.78, 5) is 27.5. The second-order valence-electron chi connectivity index (χ2n) is 5.68. The first kappa shape index (κ1) is 17.0. The maximum Gasteiger partial charge on any atom is 0.307 e. The molecule has 6 heteroatoms. The Morgan fingerprint density at radius 3 is 2.52 bits per heavy atom. The Morgan fingerprint density at radius 1 is 1.24 bits per heavy atom. The van der Waals surface area contributed by atoms with E-state index in [0.717, 1.165) is 0 Å². The van der Waals surface area contributed by atoms with Crippen molar-refractivity contribution < 1.29 is 19.4 Å². The van der Waals surface area contributed by atoms with Gasteiger partial charge in [0.05, 0.1) is 24.1 Å². The maximum atomic E-state index is 13.1. The molecule has 1 heterocycles. The minimum atomic E-state index is -0.976. The summed E-state index contributed by atoms with van der Waals surface area (Å²) in [6.45, 7) is 1.77. The molecule has 0 saturated carbocycles. The van der Waals surface area contributed by atoms with E-state index in [1.807, 2.05) is 6.07 Å². The molecular formula is C19H16ClNO4. The summed E-state index contributed by atoms with van der Waals surface area (Å²) in [5.74, 6) is -1.000. The Kier molecular flexibility index (Phi) is 4.51. The first-order chi connectivity index (χ1) is 11.9. The van der Waals surface area contributed by atoms with Crippen molar-refractivity contribution in [2.45, 2.75) is 13.3 Å². The number of carbonyl (C=O) groups is 2. The Bertz CT molecular complexity index is 976. The minimum absolute atomic E-state index is 0.203. The van der Waals surface area contributed by atoms with Gasteiger partial charge in [-0.05, 0) is 18.6 Å². The minimum Gasteiger partial charge on any atom is -0.494 e. The number of fused-ring (bicyclic) bond motifs is 1. The van der Waals surface area contributed by atoms with Gasteiger partial charge in [0.2, 0.25) is 0 Å². The number of halogens is 1. The number of nitrogens with one attached hydrogen (secondary N) is 1. The van der Waals surface area contributed by atoms with Gasteiger partial charge in [0.15, 0.2) is 5.78 Å². The zero-order valence-electron chi connectivity index (χ0n) is 13.7. The van der Waals surface area contributed by atoms with Crippen molar-refractivity contribution in [3.63, 3.8) is 0 Å². The number of H-pyrrole nitrogens is 1. The van der Waals surface area contributed by atoms with E-state index in [-0.39, 0.29) is 28.5 Å². The molecule has 0 aliphatic heterocycles. The zero-order valence-corrected chi connectivity index (χ0v) is 14.5. The molecule has 2 N–H and O–H groups in total. The number of ketones is 1. The number of carboxylic acid groups (broad SMARTS) is 1. The Morgan fingerprint density at radius 2 is 1.92 bits per heavy atom. The predicted molar refractivity (Wildman–Crippen MR) is 95.8 cm³/mol. The van der Waals surface area contributed by atoms with Gasteiger partial charge in [0, 0.05) is 22.2 Å². The van der Waals surface area contributed by atoms with Crippen LogP contribution in [0.3, 0.4) is 0 Å². The van der Waals surface area contributed by atoms with Crippen molar-refractivity contribution in [2.24, 2.45) is 0 Å². The van der Waals surface area contributed by atoms with Crippen molar-refractivity contribution in [3.05, 3.63) is 63.8 Å². The third-order valence-corrected chi connectivity index (χ3v) is 4.39. The number of rotatable bonds is 5. The average molecular weight is 358 g/mol. The molecule has 0 unspecified atom stereocenters. The summed E-state index contributed by atoms with van der Waals surface area (Å²) in [5, 5.41) is 10.1. The van der Waals surface area contributed by atoms with Crippen LogP contribution < -0.4 is 4.74 Å². The molecule has 128 valence electrons. The number of aliphatic carboxylic acids is 1. The predicted octanol–water partition coefficient (Wildman–Crippen LogP) is 4.00. The summed E-state index contributed by atoms with van der Waals surface area (Å²) in [7, 11) is 1.44. The quantitative estimate of drug-likeness (QED) is 0.676. The highest BCUT2D eigenvalue weighted by atomic mass is 35.5. The largest absolute Gasteiger partial charge is 0.494 e. The van der Waals surface area contributed by atoms with Gasteiger partial charge in [0.1, 0.15) is 5.75 Å². The molecule has 1 aromatic heterocycles. The number of aromatic nitrogens is 1. The molecule has 0 radical (unpaired) electrons. The van der Waals surface area contributed by atoms with E-state index >= 15 is 0 Å². The molecule has 3 aromatic rings. The fourth-order valence-electron chi connectivity index (χ4n) is 3.03. The van der Waals surface area contributed by atoms with Crippen LogP contribution in [0.5, 0.6) is 5.75 Å². The number of aromatic amines is 1. The van der Waals surface area contributed by atoms with Crippen molar-refractivity contribution in [1.29, 1.82) is 0 Å². The van der Waals surface area contributed by atoms with Crippen molar-refractivity contribution in [1.82, 2.24) is 4.98 Å². The van der Waals surface area contributed by atoms with Crippen molar-refractivity contribution in [2.75, 3.05) is 7.11 Å². The summed E-state index contributed by atoms with van der Waals surface area (Å²) in [6, 6.07) is 10.4. The van der Waals surface area contributed by atoms with Gasteiger partial charge in [-0.15, -0.1) is 0 Å². The number of hydrogen-bond acceptors (Lipinski definition) is 3. The first-order valence-corrected chi connectivity index (χ1v) is 8.01. The van der Waals surface area contributed by atoms with Gasteiger partial charge >= 0.3 is 5.97 Å². The molecule has 25 heavy (non-hydrogen) atoms. The average Bonchev–Trinajstić information content (AvgIpc) is 2.88. The zero-order chi connectivity index (χ0) is 18.1. The van der Waals surface area contributed by atoms with Crippen LogP contribution in [0.4, 0.5) is 0 Å². The molecule has 0 bridgehead atoms. The van der Waals surface area contributed by atoms with E-state index in [9.17, 15) is 14.7 Å². The van der Waals surface area contributed by atoms with E-state index < -0.39 is 5.97 Å². The molecule has 2 aromatic carbocycles. The molecular weight excluding hydrogens is 342 g/mol. The van der Waals surface area contributed by atoms with Crippen molar-refractivity contribution in [3.8, 4) is 5.75 Å². The smallest absolute Gasteiger partial charge is 0.307 e. The molecule has 0 atom stereocenters. The van der Waals surface area contributed by atoms with E-state index in [1.165, 1.54) is 7.11 Å². The molecule has 0 aliphatic rings. The maximum absolute atomic E-state index is 13.1.